The second-order valence-electron chi connectivity index (χ2n) is 4.56. The van der Waals surface area contributed by atoms with Gasteiger partial charge in [0.05, 0.1) is 4.90 Å². The molecule has 112 valence electrons. The zero-order valence-corrected chi connectivity index (χ0v) is 14.2. The first-order valence-electron chi connectivity index (χ1n) is 6.28. The summed E-state index contributed by atoms with van der Waals surface area (Å²) in [6.45, 7) is 0.309. The topological polar surface area (TPSA) is 37.4 Å². The lowest BCUT2D eigenvalue weighted by Gasteiger charge is -2.17. The number of sulfonamides is 1. The van der Waals surface area contributed by atoms with Crippen molar-refractivity contribution in [1.29, 1.82) is 0 Å². The maximum absolute atomic E-state index is 12.5. The monoisotopic (exact) mass is 341 g/mol. The minimum Gasteiger partial charge on any atom is -0.207 e. The summed E-state index contributed by atoms with van der Waals surface area (Å²) < 4.78 is 26.3. The van der Waals surface area contributed by atoms with Gasteiger partial charge < -0.3 is 0 Å². The molecular weight excluding hydrogens is 326 g/mol. The Bertz CT molecular complexity index is 697. The second-order valence-corrected chi connectivity index (χ2v) is 7.92. The molecule has 2 aromatic carbocycles. The molecule has 2 rings (SSSR count). The Kier molecular flexibility index (Phi) is 5.32. The lowest BCUT2D eigenvalue weighted by atomic mass is 10.2. The van der Waals surface area contributed by atoms with E-state index >= 15 is 0 Å². The van der Waals surface area contributed by atoms with Gasteiger partial charge in [-0.3, -0.25) is 0 Å². The van der Waals surface area contributed by atoms with Gasteiger partial charge in [0.2, 0.25) is 10.0 Å². The van der Waals surface area contributed by atoms with Gasteiger partial charge in [0, 0.05) is 23.5 Å². The molecule has 0 heterocycles. The predicted octanol–water partition coefficient (Wildman–Crippen LogP) is 3.88. The zero-order valence-electron chi connectivity index (χ0n) is 11.8. The lowest BCUT2D eigenvalue weighted by Crippen LogP contribution is -2.26. The fraction of sp³-hybridized carbons (Fsp3) is 0.200. The zero-order chi connectivity index (χ0) is 15.5. The highest BCUT2D eigenvalue weighted by atomic mass is 35.5. The van der Waals surface area contributed by atoms with Crippen LogP contribution in [0.3, 0.4) is 0 Å². The van der Waals surface area contributed by atoms with Gasteiger partial charge >= 0.3 is 0 Å². The molecule has 2 aromatic rings. The number of hydrogen-bond donors (Lipinski definition) is 0. The van der Waals surface area contributed by atoms with Crippen molar-refractivity contribution in [2.24, 2.45) is 0 Å². The molecule has 0 aliphatic rings. The summed E-state index contributed by atoms with van der Waals surface area (Å²) in [4.78, 5) is 1.34. The minimum absolute atomic E-state index is 0.303. The molecule has 0 unspecified atom stereocenters. The third-order valence-electron chi connectivity index (χ3n) is 3.09. The smallest absolute Gasteiger partial charge is 0.207 e. The molecule has 21 heavy (non-hydrogen) atoms. The summed E-state index contributed by atoms with van der Waals surface area (Å²) in [5.41, 5.74) is 0.895. The molecule has 0 aliphatic carbocycles. The van der Waals surface area contributed by atoms with Crippen LogP contribution in [0.25, 0.3) is 0 Å². The largest absolute Gasteiger partial charge is 0.243 e. The van der Waals surface area contributed by atoms with Gasteiger partial charge in [-0.1, -0.05) is 23.7 Å². The lowest BCUT2D eigenvalue weighted by molar-refractivity contribution is 0.466. The minimum atomic E-state index is -3.48. The van der Waals surface area contributed by atoms with Crippen molar-refractivity contribution in [2.45, 2.75) is 16.3 Å². The highest BCUT2D eigenvalue weighted by molar-refractivity contribution is 7.98. The van der Waals surface area contributed by atoms with Crippen LogP contribution in [0.4, 0.5) is 0 Å². The van der Waals surface area contributed by atoms with Crippen LogP contribution in [0.2, 0.25) is 5.02 Å². The Morgan fingerprint density at radius 2 is 1.62 bits per heavy atom. The van der Waals surface area contributed by atoms with E-state index in [2.05, 4.69) is 0 Å². The van der Waals surface area contributed by atoms with E-state index in [4.69, 9.17) is 11.6 Å². The molecule has 0 saturated carbocycles. The summed E-state index contributed by atoms with van der Waals surface area (Å²) in [7, 11) is -1.91. The van der Waals surface area contributed by atoms with E-state index in [1.807, 2.05) is 30.5 Å². The van der Waals surface area contributed by atoms with Gasteiger partial charge in [0.25, 0.3) is 0 Å². The highest BCUT2D eigenvalue weighted by Gasteiger charge is 2.20. The molecule has 0 radical (unpaired) electrons. The molecule has 0 aromatic heterocycles. The first-order chi connectivity index (χ1) is 9.93. The Labute approximate surface area is 135 Å². The Balaban J connectivity index is 2.19. The van der Waals surface area contributed by atoms with E-state index in [-0.39, 0.29) is 0 Å². The average Bonchev–Trinajstić information content (AvgIpc) is 2.49. The molecular formula is C15H16ClNO2S2. The molecule has 6 heteroatoms. The Hall–Kier alpha value is -1.01. The standard InChI is InChI=1S/C15H16ClNO2S2/c1-17(11-12-3-5-13(16)6-4-12)21(18,19)15-9-7-14(20-2)8-10-15/h3-10H,11H2,1-2H3. The molecule has 0 aliphatic heterocycles. The predicted molar refractivity (Wildman–Crippen MR) is 88.3 cm³/mol. The summed E-state index contributed by atoms with van der Waals surface area (Å²) >= 11 is 7.41. The van der Waals surface area contributed by atoms with Crippen molar-refractivity contribution in [3.8, 4) is 0 Å². The van der Waals surface area contributed by atoms with Crippen LogP contribution in [-0.4, -0.2) is 26.0 Å². The van der Waals surface area contributed by atoms with E-state index in [1.165, 1.54) is 4.31 Å². The van der Waals surface area contributed by atoms with Gasteiger partial charge in [-0.05, 0) is 48.2 Å². The van der Waals surface area contributed by atoms with Gasteiger partial charge in [-0.15, -0.1) is 11.8 Å². The molecule has 0 amide bonds. The first-order valence-corrected chi connectivity index (χ1v) is 9.32. The summed E-state index contributed by atoms with van der Waals surface area (Å²) in [6.07, 6.45) is 1.95. The molecule has 0 spiro atoms. The molecule has 0 N–H and O–H groups in total. The average molecular weight is 342 g/mol. The fourth-order valence-electron chi connectivity index (χ4n) is 1.86. The maximum atomic E-state index is 12.5. The van der Waals surface area contributed by atoms with Gasteiger partial charge in [-0.25, -0.2) is 8.42 Å². The van der Waals surface area contributed by atoms with Crippen LogP contribution >= 0.6 is 23.4 Å². The van der Waals surface area contributed by atoms with E-state index < -0.39 is 10.0 Å². The summed E-state index contributed by atoms with van der Waals surface area (Å²) in [5, 5.41) is 0.636. The van der Waals surface area contributed by atoms with E-state index in [1.54, 1.807) is 43.1 Å². The number of nitrogens with zero attached hydrogens (tertiary/aromatic N) is 1. The van der Waals surface area contributed by atoms with Crippen molar-refractivity contribution in [3.05, 3.63) is 59.1 Å². The van der Waals surface area contributed by atoms with Crippen molar-refractivity contribution in [3.63, 3.8) is 0 Å². The number of rotatable bonds is 5. The number of benzene rings is 2. The van der Waals surface area contributed by atoms with Gasteiger partial charge in [-0.2, -0.15) is 4.31 Å². The number of hydrogen-bond acceptors (Lipinski definition) is 3. The Morgan fingerprint density at radius 3 is 2.14 bits per heavy atom. The van der Waals surface area contributed by atoms with Crippen molar-refractivity contribution >= 4 is 33.4 Å². The van der Waals surface area contributed by atoms with Crippen LogP contribution in [0.15, 0.2) is 58.3 Å². The molecule has 0 atom stereocenters. The van der Waals surface area contributed by atoms with Crippen LogP contribution in [0, 0.1) is 0 Å². The summed E-state index contributed by atoms with van der Waals surface area (Å²) in [5.74, 6) is 0. The molecule has 0 bridgehead atoms. The quantitative estimate of drug-likeness (QED) is 0.774. The van der Waals surface area contributed by atoms with Crippen molar-refractivity contribution in [1.82, 2.24) is 4.31 Å². The SMILES string of the molecule is CSc1ccc(S(=O)(=O)N(C)Cc2ccc(Cl)cc2)cc1. The first kappa shape index (κ1) is 16.4. The van der Waals surface area contributed by atoms with E-state index in [0.29, 0.717) is 16.5 Å². The Morgan fingerprint density at radius 1 is 1.05 bits per heavy atom. The maximum Gasteiger partial charge on any atom is 0.243 e. The van der Waals surface area contributed by atoms with Gasteiger partial charge in [0.1, 0.15) is 0 Å². The van der Waals surface area contributed by atoms with Gasteiger partial charge in [0.15, 0.2) is 0 Å². The number of halogens is 1. The fourth-order valence-corrected chi connectivity index (χ4v) is 3.55. The van der Waals surface area contributed by atoms with Crippen LogP contribution in [-0.2, 0) is 16.6 Å². The van der Waals surface area contributed by atoms with Crippen molar-refractivity contribution < 1.29 is 8.42 Å². The van der Waals surface area contributed by atoms with E-state index in [9.17, 15) is 8.42 Å². The van der Waals surface area contributed by atoms with E-state index in [0.717, 1.165) is 10.5 Å². The third-order valence-corrected chi connectivity index (χ3v) is 5.90. The highest BCUT2D eigenvalue weighted by Crippen LogP contribution is 2.21. The molecule has 0 saturated heterocycles. The molecule has 0 fully saturated rings. The third kappa shape index (κ3) is 4.01. The van der Waals surface area contributed by atoms with Crippen LogP contribution < -0.4 is 0 Å². The van der Waals surface area contributed by atoms with Crippen LogP contribution in [0.1, 0.15) is 5.56 Å². The number of thioether (sulfide) groups is 1. The molecule has 3 nitrogen and oxygen atoms in total. The van der Waals surface area contributed by atoms with Crippen molar-refractivity contribution in [2.75, 3.05) is 13.3 Å². The summed E-state index contributed by atoms with van der Waals surface area (Å²) in [6, 6.07) is 14.1. The normalized spacial score (nSPS) is 11.8. The second kappa shape index (κ2) is 6.83. The van der Waals surface area contributed by atoms with Crippen LogP contribution in [0.5, 0.6) is 0 Å².